The van der Waals surface area contributed by atoms with Gasteiger partial charge in [-0.3, -0.25) is 4.79 Å². The lowest BCUT2D eigenvalue weighted by atomic mass is 10.1. The molecule has 5 nitrogen and oxygen atoms in total. The fourth-order valence-corrected chi connectivity index (χ4v) is 1.60. The third-order valence-electron chi connectivity index (χ3n) is 2.48. The van der Waals surface area contributed by atoms with Crippen molar-refractivity contribution < 1.29 is 14.6 Å². The van der Waals surface area contributed by atoms with Crippen molar-refractivity contribution >= 4 is 5.91 Å². The molecule has 0 fully saturated rings. The Balaban J connectivity index is 2.98. The number of carbonyl (C=O) groups is 1. The number of nitriles is 1. The highest BCUT2D eigenvalue weighted by Crippen LogP contribution is 2.24. The van der Waals surface area contributed by atoms with Gasteiger partial charge in [0, 0.05) is 12.6 Å². The second kappa shape index (κ2) is 6.50. The predicted octanol–water partition coefficient (Wildman–Crippen LogP) is 1.78. The Morgan fingerprint density at radius 1 is 1.56 bits per heavy atom. The van der Waals surface area contributed by atoms with Gasteiger partial charge in [0.05, 0.1) is 18.7 Å². The molecule has 0 heterocycles. The van der Waals surface area contributed by atoms with Gasteiger partial charge < -0.3 is 14.7 Å². The Bertz CT molecular complexity index is 466. The number of amides is 1. The normalized spacial score (nSPS) is 9.61. The summed E-state index contributed by atoms with van der Waals surface area (Å²) in [6, 6.07) is 6.42. The number of phenols is 1. The van der Waals surface area contributed by atoms with Gasteiger partial charge in [0.25, 0.3) is 5.91 Å². The molecule has 1 aromatic rings. The van der Waals surface area contributed by atoms with Gasteiger partial charge >= 0.3 is 0 Å². The van der Waals surface area contributed by atoms with Crippen LogP contribution in [-0.4, -0.2) is 36.1 Å². The summed E-state index contributed by atoms with van der Waals surface area (Å²) in [5.74, 6) is -0.0108. The van der Waals surface area contributed by atoms with E-state index in [-0.39, 0.29) is 23.8 Å². The van der Waals surface area contributed by atoms with Crippen LogP contribution < -0.4 is 4.74 Å². The van der Waals surface area contributed by atoms with Crippen LogP contribution in [0.3, 0.4) is 0 Å². The Kier molecular flexibility index (Phi) is 5.00. The Morgan fingerprint density at radius 2 is 2.28 bits per heavy atom. The number of nitrogens with zero attached hydrogens (tertiary/aromatic N) is 2. The quantitative estimate of drug-likeness (QED) is 0.806. The summed E-state index contributed by atoms with van der Waals surface area (Å²) in [4.78, 5) is 13.5. The highest BCUT2D eigenvalue weighted by Gasteiger charge is 2.18. The van der Waals surface area contributed by atoms with Gasteiger partial charge in [0.15, 0.2) is 0 Å². The van der Waals surface area contributed by atoms with E-state index in [0.717, 1.165) is 6.42 Å². The number of aromatic hydroxyl groups is 1. The van der Waals surface area contributed by atoms with Crippen molar-refractivity contribution in [2.45, 2.75) is 13.3 Å². The highest BCUT2D eigenvalue weighted by molar-refractivity contribution is 5.97. The van der Waals surface area contributed by atoms with Gasteiger partial charge in [0.2, 0.25) is 0 Å². The molecule has 0 radical (unpaired) electrons. The zero-order valence-corrected chi connectivity index (χ0v) is 10.5. The summed E-state index contributed by atoms with van der Waals surface area (Å²) in [5.41, 5.74) is 0.180. The van der Waals surface area contributed by atoms with E-state index >= 15 is 0 Å². The van der Waals surface area contributed by atoms with E-state index in [0.29, 0.717) is 12.3 Å². The molecule has 0 unspecified atom stereocenters. The van der Waals surface area contributed by atoms with Crippen molar-refractivity contribution in [2.75, 3.05) is 20.2 Å². The number of hydrogen-bond acceptors (Lipinski definition) is 4. The lowest BCUT2D eigenvalue weighted by Gasteiger charge is -2.19. The van der Waals surface area contributed by atoms with E-state index in [1.54, 1.807) is 6.07 Å². The third kappa shape index (κ3) is 3.14. The maximum Gasteiger partial charge on any atom is 0.258 e. The molecule has 1 N–H and O–H groups in total. The van der Waals surface area contributed by atoms with Crippen LogP contribution >= 0.6 is 0 Å². The van der Waals surface area contributed by atoms with E-state index in [9.17, 15) is 9.90 Å². The van der Waals surface area contributed by atoms with Gasteiger partial charge in [-0.1, -0.05) is 6.92 Å². The third-order valence-corrected chi connectivity index (χ3v) is 2.48. The average molecular weight is 248 g/mol. The summed E-state index contributed by atoms with van der Waals surface area (Å²) < 4.78 is 4.95. The predicted molar refractivity (Wildman–Crippen MR) is 66.5 cm³/mol. The molecule has 0 aromatic heterocycles. The van der Waals surface area contributed by atoms with Crippen molar-refractivity contribution in [3.8, 4) is 17.6 Å². The summed E-state index contributed by atoms with van der Waals surface area (Å²) >= 11 is 0. The number of hydrogen-bond donors (Lipinski definition) is 1. The van der Waals surface area contributed by atoms with Gasteiger partial charge in [-0.15, -0.1) is 0 Å². The van der Waals surface area contributed by atoms with E-state index < -0.39 is 0 Å². The molecule has 0 bridgehead atoms. The highest BCUT2D eigenvalue weighted by atomic mass is 16.5. The van der Waals surface area contributed by atoms with Crippen molar-refractivity contribution in [1.82, 2.24) is 4.90 Å². The number of carbonyl (C=O) groups excluding carboxylic acids is 1. The lowest BCUT2D eigenvalue weighted by molar-refractivity contribution is 0.0773. The van der Waals surface area contributed by atoms with Crippen molar-refractivity contribution in [3.05, 3.63) is 23.8 Å². The van der Waals surface area contributed by atoms with Crippen LogP contribution in [0.1, 0.15) is 23.7 Å². The van der Waals surface area contributed by atoms with E-state index in [1.165, 1.54) is 24.1 Å². The topological polar surface area (TPSA) is 73.6 Å². The molecule has 0 spiro atoms. The largest absolute Gasteiger partial charge is 0.507 e. The molecule has 0 aliphatic heterocycles. The fourth-order valence-electron chi connectivity index (χ4n) is 1.60. The first-order valence-electron chi connectivity index (χ1n) is 5.67. The minimum absolute atomic E-state index is 0.0120. The van der Waals surface area contributed by atoms with Gasteiger partial charge in [-0.2, -0.15) is 5.26 Å². The minimum atomic E-state index is -0.349. The number of rotatable bonds is 5. The Labute approximate surface area is 106 Å². The standard InChI is InChI=1S/C13H16N2O3/c1-3-7-15(8-6-14)13(17)11-5-4-10(18-2)9-12(11)16/h4-5,9,16H,3,7-8H2,1-2H3. The van der Waals surface area contributed by atoms with Gasteiger partial charge in [-0.25, -0.2) is 0 Å². The fraction of sp³-hybridized carbons (Fsp3) is 0.385. The smallest absolute Gasteiger partial charge is 0.258 e. The molecular weight excluding hydrogens is 232 g/mol. The monoisotopic (exact) mass is 248 g/mol. The lowest BCUT2D eigenvalue weighted by Crippen LogP contribution is -2.32. The minimum Gasteiger partial charge on any atom is -0.507 e. The number of phenolic OH excluding ortho intramolecular Hbond substituents is 1. The van der Waals surface area contributed by atoms with Gasteiger partial charge in [-0.05, 0) is 18.6 Å². The SMILES string of the molecule is CCCN(CC#N)C(=O)c1ccc(OC)cc1O. The van der Waals surface area contributed by atoms with Crippen LogP contribution in [0.4, 0.5) is 0 Å². The summed E-state index contributed by atoms with van der Waals surface area (Å²) in [6.07, 6.45) is 0.754. The number of benzene rings is 1. The molecule has 1 aromatic carbocycles. The molecule has 0 aliphatic carbocycles. The van der Waals surface area contributed by atoms with Crippen molar-refractivity contribution in [3.63, 3.8) is 0 Å². The molecule has 0 atom stereocenters. The van der Waals surface area contributed by atoms with E-state index in [4.69, 9.17) is 10.00 Å². The van der Waals surface area contributed by atoms with Crippen molar-refractivity contribution in [1.29, 1.82) is 5.26 Å². The van der Waals surface area contributed by atoms with Crippen LogP contribution in [0.15, 0.2) is 18.2 Å². The summed E-state index contributed by atoms with van der Waals surface area (Å²) in [5, 5.41) is 18.5. The molecule has 1 rings (SSSR count). The Hall–Kier alpha value is -2.22. The maximum absolute atomic E-state index is 12.1. The first-order chi connectivity index (χ1) is 8.63. The van der Waals surface area contributed by atoms with Crippen LogP contribution in [0.2, 0.25) is 0 Å². The molecule has 0 saturated carbocycles. The van der Waals surface area contributed by atoms with Crippen molar-refractivity contribution in [2.24, 2.45) is 0 Å². The summed E-state index contributed by atoms with van der Waals surface area (Å²) in [7, 11) is 1.48. The van der Waals surface area contributed by atoms with Crippen LogP contribution in [0, 0.1) is 11.3 Å². The molecule has 18 heavy (non-hydrogen) atoms. The van der Waals surface area contributed by atoms with Gasteiger partial charge in [0.1, 0.15) is 18.0 Å². The molecular formula is C13H16N2O3. The van der Waals surface area contributed by atoms with Crippen LogP contribution in [0.25, 0.3) is 0 Å². The molecule has 1 amide bonds. The molecule has 0 saturated heterocycles. The molecule has 96 valence electrons. The zero-order chi connectivity index (χ0) is 13.5. The Morgan fingerprint density at radius 3 is 2.78 bits per heavy atom. The maximum atomic E-state index is 12.1. The second-order valence-corrected chi connectivity index (χ2v) is 3.77. The first kappa shape index (κ1) is 13.8. The average Bonchev–Trinajstić information content (AvgIpc) is 2.37. The zero-order valence-electron chi connectivity index (χ0n) is 10.5. The second-order valence-electron chi connectivity index (χ2n) is 3.77. The van der Waals surface area contributed by atoms with E-state index in [1.807, 2.05) is 13.0 Å². The summed E-state index contributed by atoms with van der Waals surface area (Å²) in [6.45, 7) is 2.42. The molecule has 0 aliphatic rings. The van der Waals surface area contributed by atoms with Crippen LogP contribution in [0.5, 0.6) is 11.5 Å². The molecule has 5 heteroatoms. The van der Waals surface area contributed by atoms with Crippen LogP contribution in [-0.2, 0) is 0 Å². The first-order valence-corrected chi connectivity index (χ1v) is 5.67. The number of ether oxygens (including phenoxy) is 1. The number of methoxy groups -OCH3 is 1. The van der Waals surface area contributed by atoms with E-state index in [2.05, 4.69) is 0 Å².